The van der Waals surface area contributed by atoms with Crippen LogP contribution in [0, 0.1) is 6.92 Å². The van der Waals surface area contributed by atoms with Gasteiger partial charge in [0.25, 0.3) is 5.91 Å². The minimum atomic E-state index is -0.182. The molecule has 5 heteroatoms. The molecule has 100 valence electrons. The maximum Gasteiger partial charge on any atom is 0.251 e. The van der Waals surface area contributed by atoms with Crippen molar-refractivity contribution in [3.63, 3.8) is 0 Å². The van der Waals surface area contributed by atoms with Crippen LogP contribution in [-0.4, -0.2) is 21.0 Å². The Morgan fingerprint density at radius 2 is 2.11 bits per heavy atom. The molecule has 0 unspecified atom stereocenters. The van der Waals surface area contributed by atoms with E-state index in [1.165, 1.54) is 0 Å². The lowest BCUT2D eigenvalue weighted by Gasteiger charge is -2.11. The lowest BCUT2D eigenvalue weighted by Crippen LogP contribution is -2.27. The van der Waals surface area contributed by atoms with Crippen LogP contribution in [-0.2, 0) is 6.61 Å². The topological polar surface area (TPSA) is 78.0 Å². The molecular weight excluding hydrogens is 242 g/mol. The molecule has 2 rings (SSSR count). The molecule has 1 atom stereocenters. The fourth-order valence-electron chi connectivity index (χ4n) is 1.76. The molecule has 19 heavy (non-hydrogen) atoms. The minimum Gasteiger partial charge on any atom is -0.392 e. The second kappa shape index (κ2) is 5.67. The Morgan fingerprint density at radius 1 is 1.42 bits per heavy atom. The van der Waals surface area contributed by atoms with Gasteiger partial charge in [-0.05, 0) is 31.5 Å². The Balaban J connectivity index is 2.03. The number of aliphatic hydroxyl groups excluding tert-OH is 1. The summed E-state index contributed by atoms with van der Waals surface area (Å²) < 4.78 is 0. The van der Waals surface area contributed by atoms with Gasteiger partial charge in [-0.2, -0.15) is 0 Å². The molecule has 5 nitrogen and oxygen atoms in total. The average molecular weight is 259 g/mol. The number of nitrogens with one attached hydrogen (secondary N) is 2. The number of amides is 1. The van der Waals surface area contributed by atoms with Crippen LogP contribution in [0.5, 0.6) is 0 Å². The third-order valence-electron chi connectivity index (χ3n) is 2.88. The molecular formula is C14H17N3O2. The van der Waals surface area contributed by atoms with E-state index in [1.807, 2.05) is 13.8 Å². The molecule has 0 fully saturated rings. The summed E-state index contributed by atoms with van der Waals surface area (Å²) in [7, 11) is 0. The van der Waals surface area contributed by atoms with Gasteiger partial charge >= 0.3 is 0 Å². The van der Waals surface area contributed by atoms with Gasteiger partial charge in [0.05, 0.1) is 12.6 Å². The van der Waals surface area contributed by atoms with E-state index in [0.29, 0.717) is 5.56 Å². The van der Waals surface area contributed by atoms with E-state index >= 15 is 0 Å². The second-order valence-electron chi connectivity index (χ2n) is 4.50. The summed E-state index contributed by atoms with van der Waals surface area (Å²) >= 11 is 0. The minimum absolute atomic E-state index is 0.0238. The van der Waals surface area contributed by atoms with Gasteiger partial charge in [-0.25, -0.2) is 4.98 Å². The fraction of sp³-hybridized carbons (Fsp3) is 0.286. The number of H-pyrrole nitrogens is 1. The molecule has 0 saturated heterocycles. The molecule has 0 aliphatic carbocycles. The summed E-state index contributed by atoms with van der Waals surface area (Å²) in [6, 6.07) is 6.67. The van der Waals surface area contributed by atoms with Crippen LogP contribution in [0.3, 0.4) is 0 Å². The number of hydrogen-bond donors (Lipinski definition) is 3. The zero-order valence-corrected chi connectivity index (χ0v) is 11.0. The van der Waals surface area contributed by atoms with Crippen molar-refractivity contribution in [1.29, 1.82) is 0 Å². The second-order valence-corrected chi connectivity index (χ2v) is 4.50. The van der Waals surface area contributed by atoms with E-state index < -0.39 is 0 Å². The molecule has 0 bridgehead atoms. The first kappa shape index (κ1) is 13.3. The van der Waals surface area contributed by atoms with Crippen LogP contribution in [0.2, 0.25) is 0 Å². The SMILES string of the molecule is Cc1cnc([C@@H](C)NC(=O)c2ccc(CO)cc2)[nH]1. The van der Waals surface area contributed by atoms with Crippen LogP contribution in [0.4, 0.5) is 0 Å². The molecule has 1 aromatic carbocycles. The number of nitrogens with zero attached hydrogens (tertiary/aromatic N) is 1. The Bertz CT molecular complexity index is 560. The number of aromatic amines is 1. The summed E-state index contributed by atoms with van der Waals surface area (Å²) in [5.74, 6) is 0.573. The van der Waals surface area contributed by atoms with Crippen LogP contribution >= 0.6 is 0 Å². The summed E-state index contributed by atoms with van der Waals surface area (Å²) in [4.78, 5) is 19.3. The van der Waals surface area contributed by atoms with Gasteiger partial charge in [0.2, 0.25) is 0 Å². The number of imidazole rings is 1. The highest BCUT2D eigenvalue weighted by Crippen LogP contribution is 2.10. The Kier molecular flexibility index (Phi) is 3.97. The highest BCUT2D eigenvalue weighted by Gasteiger charge is 2.13. The Labute approximate surface area is 111 Å². The van der Waals surface area contributed by atoms with Crippen LogP contribution in [0.1, 0.15) is 40.4 Å². The zero-order chi connectivity index (χ0) is 13.8. The van der Waals surface area contributed by atoms with Crippen molar-refractivity contribution in [2.45, 2.75) is 26.5 Å². The molecule has 0 aliphatic heterocycles. The highest BCUT2D eigenvalue weighted by molar-refractivity contribution is 5.94. The van der Waals surface area contributed by atoms with Crippen molar-refractivity contribution in [2.24, 2.45) is 0 Å². The van der Waals surface area contributed by atoms with Crippen molar-refractivity contribution in [3.8, 4) is 0 Å². The van der Waals surface area contributed by atoms with Gasteiger partial charge in [0, 0.05) is 17.5 Å². The van der Waals surface area contributed by atoms with Gasteiger partial charge < -0.3 is 15.4 Å². The van der Waals surface area contributed by atoms with Crippen molar-refractivity contribution in [3.05, 3.63) is 53.1 Å². The number of benzene rings is 1. The standard InChI is InChI=1S/C14H17N3O2/c1-9-7-15-13(16-9)10(2)17-14(19)12-5-3-11(8-18)4-6-12/h3-7,10,18H,8H2,1-2H3,(H,15,16)(H,17,19)/t10-/m1/s1. The number of aryl methyl sites for hydroxylation is 1. The molecule has 0 spiro atoms. The fourth-order valence-corrected chi connectivity index (χ4v) is 1.76. The van der Waals surface area contributed by atoms with Crippen molar-refractivity contribution in [1.82, 2.24) is 15.3 Å². The first-order valence-electron chi connectivity index (χ1n) is 6.12. The molecule has 0 radical (unpaired) electrons. The van der Waals surface area contributed by atoms with Crippen LogP contribution in [0.25, 0.3) is 0 Å². The molecule has 2 aromatic rings. The normalized spacial score (nSPS) is 12.2. The van der Waals surface area contributed by atoms with E-state index in [-0.39, 0.29) is 18.6 Å². The largest absolute Gasteiger partial charge is 0.392 e. The molecule has 1 amide bonds. The Hall–Kier alpha value is -2.14. The quantitative estimate of drug-likeness (QED) is 0.782. The number of aromatic nitrogens is 2. The van der Waals surface area contributed by atoms with Crippen LogP contribution < -0.4 is 5.32 Å². The van der Waals surface area contributed by atoms with Gasteiger partial charge in [0.1, 0.15) is 5.82 Å². The highest BCUT2D eigenvalue weighted by atomic mass is 16.3. The van der Waals surface area contributed by atoms with E-state index in [4.69, 9.17) is 5.11 Å². The van der Waals surface area contributed by atoms with E-state index in [2.05, 4.69) is 15.3 Å². The molecule has 3 N–H and O–H groups in total. The van der Waals surface area contributed by atoms with Crippen LogP contribution in [0.15, 0.2) is 30.5 Å². The van der Waals surface area contributed by atoms with Crippen molar-refractivity contribution >= 4 is 5.91 Å². The lowest BCUT2D eigenvalue weighted by molar-refractivity contribution is 0.0938. The number of rotatable bonds is 4. The lowest BCUT2D eigenvalue weighted by atomic mass is 10.1. The predicted molar refractivity (Wildman–Crippen MR) is 71.6 cm³/mol. The smallest absolute Gasteiger partial charge is 0.251 e. The van der Waals surface area contributed by atoms with Crippen molar-refractivity contribution in [2.75, 3.05) is 0 Å². The summed E-state index contributed by atoms with van der Waals surface area (Å²) in [5, 5.41) is 11.8. The molecule has 1 aromatic heterocycles. The monoisotopic (exact) mass is 259 g/mol. The Morgan fingerprint density at radius 3 is 2.63 bits per heavy atom. The zero-order valence-electron chi connectivity index (χ0n) is 11.0. The van der Waals surface area contributed by atoms with Gasteiger partial charge in [0.15, 0.2) is 0 Å². The van der Waals surface area contributed by atoms with Gasteiger partial charge in [-0.3, -0.25) is 4.79 Å². The average Bonchev–Trinajstić information content (AvgIpc) is 2.85. The third-order valence-corrected chi connectivity index (χ3v) is 2.88. The predicted octanol–water partition coefficient (Wildman–Crippen LogP) is 1.70. The first-order valence-corrected chi connectivity index (χ1v) is 6.12. The number of aliphatic hydroxyl groups is 1. The molecule has 0 aliphatic rings. The number of carbonyl (C=O) groups excluding carboxylic acids is 1. The van der Waals surface area contributed by atoms with E-state index in [1.54, 1.807) is 30.5 Å². The van der Waals surface area contributed by atoms with E-state index in [0.717, 1.165) is 17.1 Å². The van der Waals surface area contributed by atoms with Gasteiger partial charge in [-0.1, -0.05) is 12.1 Å². The summed E-state index contributed by atoms with van der Waals surface area (Å²) in [5.41, 5.74) is 2.31. The molecule has 0 saturated carbocycles. The van der Waals surface area contributed by atoms with Gasteiger partial charge in [-0.15, -0.1) is 0 Å². The number of carbonyl (C=O) groups is 1. The van der Waals surface area contributed by atoms with E-state index in [9.17, 15) is 4.79 Å². The van der Waals surface area contributed by atoms with Crippen molar-refractivity contribution < 1.29 is 9.90 Å². The maximum absolute atomic E-state index is 12.0. The number of hydrogen-bond acceptors (Lipinski definition) is 3. The third kappa shape index (κ3) is 3.20. The summed E-state index contributed by atoms with van der Waals surface area (Å²) in [6.45, 7) is 3.76. The first-order chi connectivity index (χ1) is 9.10. The molecule has 1 heterocycles. The summed E-state index contributed by atoms with van der Waals surface area (Å²) in [6.07, 6.45) is 1.73. The maximum atomic E-state index is 12.0.